The van der Waals surface area contributed by atoms with Crippen LogP contribution in [-0.2, 0) is 10.0 Å². The molecule has 0 bridgehead atoms. The lowest BCUT2D eigenvalue weighted by Crippen LogP contribution is -2.34. The van der Waals surface area contributed by atoms with Gasteiger partial charge in [-0.15, -0.1) is 0 Å². The summed E-state index contributed by atoms with van der Waals surface area (Å²) in [6.07, 6.45) is -4.81. The third-order valence-electron chi connectivity index (χ3n) is 2.83. The normalized spacial score (nSPS) is 12.3. The van der Waals surface area contributed by atoms with Gasteiger partial charge in [0.15, 0.2) is 0 Å². The third-order valence-corrected chi connectivity index (χ3v) is 4.55. The summed E-state index contributed by atoms with van der Waals surface area (Å²) in [5.41, 5.74) is -0.329. The van der Waals surface area contributed by atoms with Gasteiger partial charge in [-0.25, -0.2) is 17.5 Å². The smallest absolute Gasteiger partial charge is 0.342 e. The van der Waals surface area contributed by atoms with Gasteiger partial charge in [0.05, 0.1) is 10.6 Å². The van der Waals surface area contributed by atoms with E-state index in [9.17, 15) is 30.8 Å². The number of hydrogen-bond donors (Lipinski definition) is 1. The van der Waals surface area contributed by atoms with E-state index < -0.39 is 39.4 Å². The number of sulfonamides is 1. The first-order valence-electron chi connectivity index (χ1n) is 6.20. The van der Waals surface area contributed by atoms with Crippen LogP contribution in [0.25, 0.3) is 0 Å². The summed E-state index contributed by atoms with van der Waals surface area (Å²) in [4.78, 5) is 12.1. The zero-order valence-electron chi connectivity index (χ0n) is 12.0. The second-order valence-corrected chi connectivity index (χ2v) is 6.66. The Morgan fingerprint density at radius 3 is 2.39 bits per heavy atom. The molecule has 0 saturated heterocycles. The van der Waals surface area contributed by atoms with Crippen LogP contribution in [0.5, 0.6) is 0 Å². The molecule has 5 nitrogen and oxygen atoms in total. The van der Waals surface area contributed by atoms with Crippen LogP contribution in [-0.4, -0.2) is 45.5 Å². The first kappa shape index (κ1) is 19.7. The molecule has 1 amide bonds. The van der Waals surface area contributed by atoms with E-state index in [0.29, 0.717) is 12.1 Å². The molecule has 1 aromatic carbocycles. The Morgan fingerprint density at radius 2 is 1.91 bits per heavy atom. The van der Waals surface area contributed by atoms with E-state index in [1.54, 1.807) is 6.92 Å². The number of amides is 1. The summed E-state index contributed by atoms with van der Waals surface area (Å²) >= 11 is 5.71. The number of nitrogens with one attached hydrogen (secondary N) is 1. The Bertz CT molecular complexity index is 707. The highest BCUT2D eigenvalue weighted by molar-refractivity contribution is 7.89. The SMILES string of the molecule is CCN(C)C(=O)c1cc(S(=O)(=O)NCC(F)(F)F)c(F)cc1Cl. The fourth-order valence-electron chi connectivity index (χ4n) is 1.50. The summed E-state index contributed by atoms with van der Waals surface area (Å²) in [6, 6.07) is 1.19. The summed E-state index contributed by atoms with van der Waals surface area (Å²) in [5.74, 6) is -2.05. The highest BCUT2D eigenvalue weighted by atomic mass is 35.5. The van der Waals surface area contributed by atoms with E-state index in [-0.39, 0.29) is 17.1 Å². The highest BCUT2D eigenvalue weighted by Gasteiger charge is 2.32. The maximum absolute atomic E-state index is 13.8. The standard InChI is InChI=1S/C12H13ClF4N2O3S/c1-3-19(2)11(20)7-4-10(9(14)5-8(7)13)23(21,22)18-6-12(15,16)17/h4-5,18H,3,6H2,1-2H3. The summed E-state index contributed by atoms with van der Waals surface area (Å²) in [6.45, 7) is 0.0361. The average molecular weight is 377 g/mol. The molecule has 0 heterocycles. The van der Waals surface area contributed by atoms with E-state index in [4.69, 9.17) is 11.6 Å². The fourth-order valence-corrected chi connectivity index (χ4v) is 2.83. The molecule has 0 radical (unpaired) electrons. The molecule has 1 aromatic rings. The van der Waals surface area contributed by atoms with Crippen LogP contribution in [0, 0.1) is 5.82 Å². The quantitative estimate of drug-likeness (QED) is 0.802. The molecular formula is C12H13ClF4N2O3S. The zero-order valence-corrected chi connectivity index (χ0v) is 13.6. The Morgan fingerprint density at radius 1 is 1.35 bits per heavy atom. The predicted octanol–water partition coefficient (Wildman–Crippen LogP) is 2.41. The van der Waals surface area contributed by atoms with E-state index in [1.807, 2.05) is 0 Å². The molecule has 130 valence electrons. The Hall–Kier alpha value is -1.39. The van der Waals surface area contributed by atoms with Crippen molar-refractivity contribution in [3.8, 4) is 0 Å². The summed E-state index contributed by atoms with van der Waals surface area (Å²) < 4.78 is 75.0. The van der Waals surface area contributed by atoms with Crippen molar-refractivity contribution in [2.45, 2.75) is 18.0 Å². The number of halogens is 5. The molecule has 23 heavy (non-hydrogen) atoms. The first-order valence-corrected chi connectivity index (χ1v) is 8.06. The molecule has 0 unspecified atom stereocenters. The second kappa shape index (κ2) is 7.02. The van der Waals surface area contributed by atoms with Crippen LogP contribution in [0.15, 0.2) is 17.0 Å². The van der Waals surface area contributed by atoms with Crippen molar-refractivity contribution in [2.75, 3.05) is 20.1 Å². The van der Waals surface area contributed by atoms with E-state index in [2.05, 4.69) is 0 Å². The molecule has 0 aliphatic rings. The lowest BCUT2D eigenvalue weighted by atomic mass is 10.2. The Kier molecular flexibility index (Phi) is 6.00. The molecule has 0 aliphatic carbocycles. The molecule has 0 spiro atoms. The Balaban J connectivity index is 3.30. The van der Waals surface area contributed by atoms with E-state index in [0.717, 1.165) is 0 Å². The van der Waals surface area contributed by atoms with Gasteiger partial charge in [0.25, 0.3) is 5.91 Å². The molecule has 0 aromatic heterocycles. The van der Waals surface area contributed by atoms with Gasteiger partial charge in [-0.1, -0.05) is 11.6 Å². The van der Waals surface area contributed by atoms with Crippen molar-refractivity contribution in [1.29, 1.82) is 0 Å². The van der Waals surface area contributed by atoms with Gasteiger partial charge in [0.2, 0.25) is 10.0 Å². The maximum Gasteiger partial charge on any atom is 0.402 e. The number of rotatable bonds is 5. The number of benzene rings is 1. The minimum Gasteiger partial charge on any atom is -0.342 e. The van der Waals surface area contributed by atoms with Crippen molar-refractivity contribution >= 4 is 27.5 Å². The van der Waals surface area contributed by atoms with Crippen LogP contribution in [0.3, 0.4) is 0 Å². The van der Waals surface area contributed by atoms with E-state index in [1.165, 1.54) is 16.7 Å². The number of carbonyl (C=O) groups excluding carboxylic acids is 1. The molecule has 0 atom stereocenters. The monoisotopic (exact) mass is 376 g/mol. The lowest BCUT2D eigenvalue weighted by molar-refractivity contribution is -0.121. The lowest BCUT2D eigenvalue weighted by Gasteiger charge is -2.17. The van der Waals surface area contributed by atoms with Crippen molar-refractivity contribution < 1.29 is 30.8 Å². The Labute approximate surface area is 135 Å². The van der Waals surface area contributed by atoms with Gasteiger partial charge < -0.3 is 4.90 Å². The van der Waals surface area contributed by atoms with Crippen LogP contribution in [0.4, 0.5) is 17.6 Å². The number of carbonyl (C=O) groups is 1. The zero-order chi connectivity index (χ0) is 18.0. The largest absolute Gasteiger partial charge is 0.402 e. The van der Waals surface area contributed by atoms with E-state index >= 15 is 0 Å². The number of nitrogens with zero attached hydrogens (tertiary/aromatic N) is 1. The second-order valence-electron chi connectivity index (χ2n) is 4.52. The molecule has 0 fully saturated rings. The summed E-state index contributed by atoms with van der Waals surface area (Å²) in [7, 11) is -3.40. The van der Waals surface area contributed by atoms with Crippen molar-refractivity contribution in [3.05, 3.63) is 28.5 Å². The molecule has 11 heteroatoms. The van der Waals surface area contributed by atoms with Gasteiger partial charge in [-0.2, -0.15) is 13.2 Å². The first-order chi connectivity index (χ1) is 10.4. The fraction of sp³-hybridized carbons (Fsp3) is 0.417. The van der Waals surface area contributed by atoms with Crippen LogP contribution < -0.4 is 4.72 Å². The van der Waals surface area contributed by atoms with Crippen LogP contribution in [0.2, 0.25) is 5.02 Å². The van der Waals surface area contributed by atoms with Crippen LogP contribution >= 0.6 is 11.6 Å². The molecule has 1 rings (SSSR count). The van der Waals surface area contributed by atoms with Gasteiger partial charge in [0, 0.05) is 13.6 Å². The van der Waals surface area contributed by atoms with Gasteiger partial charge in [-0.3, -0.25) is 4.79 Å². The van der Waals surface area contributed by atoms with Gasteiger partial charge >= 0.3 is 6.18 Å². The topological polar surface area (TPSA) is 66.5 Å². The maximum atomic E-state index is 13.8. The number of hydrogen-bond acceptors (Lipinski definition) is 3. The highest BCUT2D eigenvalue weighted by Crippen LogP contribution is 2.25. The molecule has 0 saturated carbocycles. The summed E-state index contributed by atoms with van der Waals surface area (Å²) in [5, 5.41) is -0.345. The van der Waals surface area contributed by atoms with Crippen LogP contribution in [0.1, 0.15) is 17.3 Å². The predicted molar refractivity (Wildman–Crippen MR) is 75.3 cm³/mol. The minimum absolute atomic E-state index is 0.265. The molecule has 0 aliphatic heterocycles. The van der Waals surface area contributed by atoms with Crippen molar-refractivity contribution in [1.82, 2.24) is 9.62 Å². The minimum atomic E-state index is -4.81. The van der Waals surface area contributed by atoms with Gasteiger partial charge in [-0.05, 0) is 19.1 Å². The molecule has 1 N–H and O–H groups in total. The average Bonchev–Trinajstić information content (AvgIpc) is 2.43. The third kappa shape index (κ3) is 5.05. The van der Waals surface area contributed by atoms with Crippen molar-refractivity contribution in [2.24, 2.45) is 0 Å². The molecular weight excluding hydrogens is 364 g/mol. The van der Waals surface area contributed by atoms with Gasteiger partial charge in [0.1, 0.15) is 17.3 Å². The van der Waals surface area contributed by atoms with Crippen molar-refractivity contribution in [3.63, 3.8) is 0 Å². The number of alkyl halides is 3.